The summed E-state index contributed by atoms with van der Waals surface area (Å²) in [5.74, 6) is 0.650. The highest BCUT2D eigenvalue weighted by Crippen LogP contribution is 2.27. The highest BCUT2D eigenvalue weighted by atomic mass is 14.7. The SMILES string of the molecule is C=C1CCCC(CC)/C1=N/C=C\C. The third-order valence-electron chi connectivity index (χ3n) is 2.64. The first-order valence-electron chi connectivity index (χ1n) is 5.16. The fraction of sp³-hybridized carbons (Fsp3) is 0.583. The van der Waals surface area contributed by atoms with Crippen molar-refractivity contribution in [3.63, 3.8) is 0 Å². The monoisotopic (exact) mass is 177 g/mol. The van der Waals surface area contributed by atoms with Crippen LogP contribution in [0.3, 0.4) is 0 Å². The van der Waals surface area contributed by atoms with Gasteiger partial charge < -0.3 is 0 Å². The smallest absolute Gasteiger partial charge is 0.0460 e. The zero-order valence-electron chi connectivity index (χ0n) is 8.71. The number of rotatable bonds is 2. The van der Waals surface area contributed by atoms with Gasteiger partial charge in [-0.1, -0.05) is 19.6 Å². The van der Waals surface area contributed by atoms with Gasteiger partial charge in [-0.15, -0.1) is 0 Å². The van der Waals surface area contributed by atoms with Crippen LogP contribution in [0.5, 0.6) is 0 Å². The Hall–Kier alpha value is -0.850. The zero-order valence-corrected chi connectivity index (χ0v) is 8.71. The fourth-order valence-electron chi connectivity index (χ4n) is 1.86. The number of nitrogens with zero attached hydrogens (tertiary/aromatic N) is 1. The van der Waals surface area contributed by atoms with Crippen molar-refractivity contribution in [1.82, 2.24) is 0 Å². The molecule has 1 aliphatic rings. The average molecular weight is 177 g/mol. The van der Waals surface area contributed by atoms with Crippen molar-refractivity contribution in [2.24, 2.45) is 10.9 Å². The van der Waals surface area contributed by atoms with Crippen molar-refractivity contribution in [2.75, 3.05) is 0 Å². The van der Waals surface area contributed by atoms with Crippen LogP contribution in [-0.4, -0.2) is 5.71 Å². The molecule has 0 aromatic heterocycles. The maximum atomic E-state index is 4.47. The van der Waals surface area contributed by atoms with Gasteiger partial charge in [0.25, 0.3) is 0 Å². The molecule has 0 aromatic rings. The van der Waals surface area contributed by atoms with E-state index in [1.807, 2.05) is 19.2 Å². The maximum Gasteiger partial charge on any atom is 0.0460 e. The van der Waals surface area contributed by atoms with E-state index < -0.39 is 0 Å². The summed E-state index contributed by atoms with van der Waals surface area (Å²) in [5, 5.41) is 0. The molecule has 72 valence electrons. The Balaban J connectivity index is 2.79. The van der Waals surface area contributed by atoms with E-state index in [1.165, 1.54) is 30.5 Å². The zero-order chi connectivity index (χ0) is 9.68. The Morgan fingerprint density at radius 3 is 3.00 bits per heavy atom. The Kier molecular flexibility index (Phi) is 3.94. The van der Waals surface area contributed by atoms with Crippen LogP contribution in [-0.2, 0) is 0 Å². The third-order valence-corrected chi connectivity index (χ3v) is 2.64. The van der Waals surface area contributed by atoms with Crippen molar-refractivity contribution in [3.05, 3.63) is 24.4 Å². The molecule has 0 spiro atoms. The predicted molar refractivity (Wildman–Crippen MR) is 59.0 cm³/mol. The van der Waals surface area contributed by atoms with E-state index in [1.54, 1.807) is 0 Å². The summed E-state index contributed by atoms with van der Waals surface area (Å²) < 4.78 is 0. The predicted octanol–water partition coefficient (Wildman–Crippen LogP) is 3.73. The van der Waals surface area contributed by atoms with E-state index in [4.69, 9.17) is 0 Å². The van der Waals surface area contributed by atoms with E-state index in [9.17, 15) is 0 Å². The molecule has 0 N–H and O–H groups in total. The maximum absolute atomic E-state index is 4.47. The number of hydrogen-bond acceptors (Lipinski definition) is 1. The van der Waals surface area contributed by atoms with Gasteiger partial charge in [0.15, 0.2) is 0 Å². The van der Waals surface area contributed by atoms with Crippen LogP contribution < -0.4 is 0 Å². The lowest BCUT2D eigenvalue weighted by Crippen LogP contribution is -2.20. The van der Waals surface area contributed by atoms with Gasteiger partial charge in [0.05, 0.1) is 0 Å². The van der Waals surface area contributed by atoms with Gasteiger partial charge in [-0.25, -0.2) is 0 Å². The molecule has 0 heterocycles. The molecule has 0 saturated heterocycles. The lowest BCUT2D eigenvalue weighted by Gasteiger charge is -2.24. The van der Waals surface area contributed by atoms with Gasteiger partial charge in [0.1, 0.15) is 0 Å². The standard InChI is InChI=1S/C12H19N/c1-4-9-13-12-10(3)7-6-8-11(12)5-2/h4,9,11H,3,5-8H2,1-2H3/b9-4-,13-12+. The first-order valence-corrected chi connectivity index (χ1v) is 5.16. The molecule has 1 unspecified atom stereocenters. The first kappa shape index (κ1) is 10.2. The molecule has 1 rings (SSSR count). The van der Waals surface area contributed by atoms with Crippen molar-refractivity contribution in [2.45, 2.75) is 39.5 Å². The molecule has 1 fully saturated rings. The molecule has 13 heavy (non-hydrogen) atoms. The second-order valence-electron chi connectivity index (χ2n) is 3.60. The van der Waals surface area contributed by atoms with Crippen molar-refractivity contribution < 1.29 is 0 Å². The lowest BCUT2D eigenvalue weighted by molar-refractivity contribution is 0.550. The fourth-order valence-corrected chi connectivity index (χ4v) is 1.86. The van der Waals surface area contributed by atoms with Gasteiger partial charge >= 0.3 is 0 Å². The normalized spacial score (nSPS) is 27.4. The summed E-state index contributed by atoms with van der Waals surface area (Å²) in [5.41, 5.74) is 2.49. The van der Waals surface area contributed by atoms with Gasteiger partial charge in [-0.2, -0.15) is 0 Å². The van der Waals surface area contributed by atoms with Crippen LogP contribution in [0.1, 0.15) is 39.5 Å². The molecule has 1 atom stereocenters. The van der Waals surface area contributed by atoms with Crippen LogP contribution in [0.2, 0.25) is 0 Å². The summed E-state index contributed by atoms with van der Waals surface area (Å²) in [6.45, 7) is 8.31. The summed E-state index contributed by atoms with van der Waals surface area (Å²) in [6, 6.07) is 0. The number of allylic oxidation sites excluding steroid dienone is 2. The van der Waals surface area contributed by atoms with Crippen LogP contribution in [0, 0.1) is 5.92 Å². The van der Waals surface area contributed by atoms with Crippen LogP contribution in [0.15, 0.2) is 29.4 Å². The van der Waals surface area contributed by atoms with Crippen LogP contribution in [0.4, 0.5) is 0 Å². The molecule has 0 aliphatic heterocycles. The Labute approximate surface area is 81.3 Å². The first-order chi connectivity index (χ1) is 6.29. The minimum Gasteiger partial charge on any atom is -0.261 e. The molecule has 1 saturated carbocycles. The highest BCUT2D eigenvalue weighted by molar-refractivity contribution is 6.02. The quantitative estimate of drug-likeness (QED) is 0.609. The number of aliphatic imine (C=N–C) groups is 1. The van der Waals surface area contributed by atoms with Gasteiger partial charge in [0.2, 0.25) is 0 Å². The molecule has 0 aromatic carbocycles. The Morgan fingerprint density at radius 2 is 2.38 bits per heavy atom. The molecule has 0 bridgehead atoms. The van der Waals surface area contributed by atoms with E-state index in [0.717, 1.165) is 6.42 Å². The van der Waals surface area contributed by atoms with Gasteiger partial charge in [-0.3, -0.25) is 4.99 Å². The van der Waals surface area contributed by atoms with E-state index in [2.05, 4.69) is 18.5 Å². The number of hydrogen-bond donors (Lipinski definition) is 0. The topological polar surface area (TPSA) is 12.4 Å². The summed E-state index contributed by atoms with van der Waals surface area (Å²) in [7, 11) is 0. The minimum absolute atomic E-state index is 0.650. The highest BCUT2D eigenvalue weighted by Gasteiger charge is 2.20. The van der Waals surface area contributed by atoms with E-state index in [-0.39, 0.29) is 0 Å². The van der Waals surface area contributed by atoms with Crippen molar-refractivity contribution in [3.8, 4) is 0 Å². The molecular formula is C12H19N. The lowest BCUT2D eigenvalue weighted by atomic mass is 9.82. The molecular weight excluding hydrogens is 158 g/mol. The molecule has 0 radical (unpaired) electrons. The van der Waals surface area contributed by atoms with Crippen LogP contribution >= 0.6 is 0 Å². The van der Waals surface area contributed by atoms with E-state index >= 15 is 0 Å². The molecule has 1 aliphatic carbocycles. The van der Waals surface area contributed by atoms with Crippen LogP contribution in [0.25, 0.3) is 0 Å². The average Bonchev–Trinajstić information content (AvgIpc) is 2.15. The summed E-state index contributed by atoms with van der Waals surface area (Å²) >= 11 is 0. The molecule has 1 heteroatoms. The molecule has 1 nitrogen and oxygen atoms in total. The van der Waals surface area contributed by atoms with Gasteiger partial charge in [0, 0.05) is 17.8 Å². The Morgan fingerprint density at radius 1 is 1.62 bits per heavy atom. The summed E-state index contributed by atoms with van der Waals surface area (Å²) in [4.78, 5) is 4.47. The molecule has 0 amide bonds. The summed E-state index contributed by atoms with van der Waals surface area (Å²) in [6.07, 6.45) is 8.75. The second-order valence-corrected chi connectivity index (χ2v) is 3.60. The van der Waals surface area contributed by atoms with Gasteiger partial charge in [-0.05, 0) is 38.2 Å². The second kappa shape index (κ2) is 5.00. The minimum atomic E-state index is 0.650. The third kappa shape index (κ3) is 2.55. The largest absolute Gasteiger partial charge is 0.261 e. The van der Waals surface area contributed by atoms with E-state index in [0.29, 0.717) is 5.92 Å². The van der Waals surface area contributed by atoms with Crippen molar-refractivity contribution >= 4 is 5.71 Å². The Bertz CT molecular complexity index is 236. The van der Waals surface area contributed by atoms with Crippen molar-refractivity contribution in [1.29, 1.82) is 0 Å².